The van der Waals surface area contributed by atoms with Gasteiger partial charge in [-0.3, -0.25) is 4.79 Å². The van der Waals surface area contributed by atoms with Crippen LogP contribution in [-0.4, -0.2) is 46.1 Å². The molecule has 0 spiro atoms. The second-order valence-electron chi connectivity index (χ2n) is 2.94. The maximum absolute atomic E-state index is 10.3. The lowest BCUT2D eigenvalue weighted by Crippen LogP contribution is -2.39. The number of aliphatic hydroxyl groups is 2. The molecule has 7 N–H and O–H groups in total. The van der Waals surface area contributed by atoms with Crippen LogP contribution in [0.1, 0.15) is 12.8 Å². The molecule has 3 unspecified atom stereocenters. The van der Waals surface area contributed by atoms with Crippen molar-refractivity contribution in [2.75, 3.05) is 6.61 Å². The predicted molar refractivity (Wildman–Crippen MR) is 45.9 cm³/mol. The van der Waals surface area contributed by atoms with Crippen LogP contribution in [0.3, 0.4) is 0 Å². The fourth-order valence-electron chi connectivity index (χ4n) is 0.810. The molecule has 0 fully saturated rings. The van der Waals surface area contributed by atoms with Crippen molar-refractivity contribution in [1.82, 2.24) is 0 Å². The number of rotatable bonds is 6. The minimum Gasteiger partial charge on any atom is -0.480 e. The second kappa shape index (κ2) is 5.87. The summed E-state index contributed by atoms with van der Waals surface area (Å²) in [5.74, 6) is -1.11. The topological polar surface area (TPSA) is 130 Å². The van der Waals surface area contributed by atoms with Gasteiger partial charge in [-0.2, -0.15) is 0 Å². The van der Waals surface area contributed by atoms with Gasteiger partial charge in [-0.05, 0) is 12.8 Å². The molecule has 0 aliphatic heterocycles. The first-order chi connectivity index (χ1) is 5.99. The third-order valence-corrected chi connectivity index (χ3v) is 1.80. The number of aliphatic hydroxyl groups excluding tert-OH is 2. The Morgan fingerprint density at radius 1 is 1.31 bits per heavy atom. The van der Waals surface area contributed by atoms with Crippen LogP contribution in [0, 0.1) is 0 Å². The molecule has 78 valence electrons. The standard InChI is InChI=1S/C7H16N2O4/c8-4(7(12)13)1-2-6(11)5(9)3-10/h4-6,10-11H,1-3,8-9H2,(H,12,13). The highest BCUT2D eigenvalue weighted by Crippen LogP contribution is 2.02. The first-order valence-corrected chi connectivity index (χ1v) is 4.02. The maximum atomic E-state index is 10.3. The van der Waals surface area contributed by atoms with Crippen molar-refractivity contribution in [1.29, 1.82) is 0 Å². The first kappa shape index (κ1) is 12.3. The molecule has 0 bridgehead atoms. The Hall–Kier alpha value is -0.690. The average molecular weight is 192 g/mol. The van der Waals surface area contributed by atoms with Crippen molar-refractivity contribution in [2.45, 2.75) is 31.0 Å². The Bertz CT molecular complexity index is 165. The fourth-order valence-corrected chi connectivity index (χ4v) is 0.810. The summed E-state index contributed by atoms with van der Waals surface area (Å²) in [6.07, 6.45) is -0.588. The number of carbonyl (C=O) groups is 1. The molecule has 3 atom stereocenters. The van der Waals surface area contributed by atoms with Crippen LogP contribution in [-0.2, 0) is 4.79 Å². The zero-order valence-corrected chi connectivity index (χ0v) is 7.26. The first-order valence-electron chi connectivity index (χ1n) is 4.02. The molecule has 0 aliphatic rings. The molecule has 6 nitrogen and oxygen atoms in total. The number of carboxylic acid groups (broad SMARTS) is 1. The fraction of sp³-hybridized carbons (Fsp3) is 0.857. The number of aliphatic carboxylic acids is 1. The van der Waals surface area contributed by atoms with E-state index in [2.05, 4.69) is 0 Å². The SMILES string of the molecule is NC(CCC(O)C(N)CO)C(=O)O. The third-order valence-electron chi connectivity index (χ3n) is 1.80. The summed E-state index contributed by atoms with van der Waals surface area (Å²) in [6.45, 7) is -0.330. The van der Waals surface area contributed by atoms with Gasteiger partial charge in [-0.25, -0.2) is 0 Å². The van der Waals surface area contributed by atoms with Gasteiger partial charge in [-0.15, -0.1) is 0 Å². The van der Waals surface area contributed by atoms with E-state index in [1.54, 1.807) is 0 Å². The second-order valence-corrected chi connectivity index (χ2v) is 2.94. The monoisotopic (exact) mass is 192 g/mol. The predicted octanol–water partition coefficient (Wildman–Crippen LogP) is -2.14. The Labute approximate surface area is 76.2 Å². The lowest BCUT2D eigenvalue weighted by Gasteiger charge is -2.17. The van der Waals surface area contributed by atoms with Crippen LogP contribution < -0.4 is 11.5 Å². The molecule has 13 heavy (non-hydrogen) atoms. The van der Waals surface area contributed by atoms with Gasteiger partial charge in [0.15, 0.2) is 0 Å². The van der Waals surface area contributed by atoms with Gasteiger partial charge < -0.3 is 26.8 Å². The van der Waals surface area contributed by atoms with Gasteiger partial charge >= 0.3 is 5.97 Å². The van der Waals surface area contributed by atoms with Crippen LogP contribution in [0.4, 0.5) is 0 Å². The van der Waals surface area contributed by atoms with Gasteiger partial charge in [0.1, 0.15) is 6.04 Å². The van der Waals surface area contributed by atoms with Crippen molar-refractivity contribution in [3.05, 3.63) is 0 Å². The van der Waals surface area contributed by atoms with Crippen LogP contribution >= 0.6 is 0 Å². The van der Waals surface area contributed by atoms with E-state index in [0.717, 1.165) is 0 Å². The highest BCUT2D eigenvalue weighted by molar-refractivity contribution is 5.72. The molecule has 0 saturated heterocycles. The van der Waals surface area contributed by atoms with Gasteiger partial charge in [0.05, 0.1) is 18.8 Å². The lowest BCUT2D eigenvalue weighted by atomic mass is 10.0. The van der Waals surface area contributed by atoms with Gasteiger partial charge in [0, 0.05) is 0 Å². The molecule has 0 radical (unpaired) electrons. The molecule has 0 amide bonds. The Kier molecular flexibility index (Phi) is 5.56. The maximum Gasteiger partial charge on any atom is 0.320 e. The number of hydrogen-bond acceptors (Lipinski definition) is 5. The lowest BCUT2D eigenvalue weighted by molar-refractivity contribution is -0.138. The van der Waals surface area contributed by atoms with Gasteiger partial charge in [0.2, 0.25) is 0 Å². The molecule has 0 aliphatic carbocycles. The Morgan fingerprint density at radius 2 is 1.85 bits per heavy atom. The van der Waals surface area contributed by atoms with E-state index >= 15 is 0 Å². The zero-order chi connectivity index (χ0) is 10.4. The van der Waals surface area contributed by atoms with Gasteiger partial charge in [-0.1, -0.05) is 0 Å². The van der Waals surface area contributed by atoms with E-state index in [9.17, 15) is 9.90 Å². The number of hydrogen-bond donors (Lipinski definition) is 5. The molecule has 0 heterocycles. The largest absolute Gasteiger partial charge is 0.480 e. The summed E-state index contributed by atoms with van der Waals surface area (Å²) in [6, 6.07) is -1.72. The van der Waals surface area contributed by atoms with Gasteiger partial charge in [0.25, 0.3) is 0 Å². The van der Waals surface area contributed by atoms with E-state index in [4.69, 9.17) is 21.7 Å². The average Bonchev–Trinajstić information content (AvgIpc) is 2.11. The quantitative estimate of drug-likeness (QED) is 0.326. The van der Waals surface area contributed by atoms with Crippen molar-refractivity contribution in [3.8, 4) is 0 Å². The van der Waals surface area contributed by atoms with Crippen LogP contribution in [0.5, 0.6) is 0 Å². The van der Waals surface area contributed by atoms with Crippen molar-refractivity contribution in [3.63, 3.8) is 0 Å². The van der Waals surface area contributed by atoms with Crippen LogP contribution in [0.15, 0.2) is 0 Å². The summed E-state index contributed by atoms with van der Waals surface area (Å²) in [5.41, 5.74) is 10.5. The van der Waals surface area contributed by atoms with E-state index in [1.165, 1.54) is 0 Å². The minimum absolute atomic E-state index is 0.143. The third kappa shape index (κ3) is 4.79. The molecular weight excluding hydrogens is 176 g/mol. The van der Waals surface area contributed by atoms with Crippen molar-refractivity contribution >= 4 is 5.97 Å². The smallest absolute Gasteiger partial charge is 0.320 e. The summed E-state index contributed by atoms with van der Waals surface area (Å²) >= 11 is 0. The highest BCUT2D eigenvalue weighted by atomic mass is 16.4. The molecule has 0 aromatic carbocycles. The summed E-state index contributed by atoms with van der Waals surface area (Å²) in [5, 5.41) is 26.2. The number of nitrogens with two attached hydrogens (primary N) is 2. The molecule has 0 aromatic rings. The number of carboxylic acids is 1. The summed E-state index contributed by atoms with van der Waals surface area (Å²) in [4.78, 5) is 10.3. The highest BCUT2D eigenvalue weighted by Gasteiger charge is 2.17. The van der Waals surface area contributed by atoms with Crippen molar-refractivity contribution in [2.24, 2.45) is 11.5 Å². The molecule has 6 heteroatoms. The molecule has 0 saturated carbocycles. The molecule has 0 aromatic heterocycles. The summed E-state index contributed by atoms with van der Waals surface area (Å²) < 4.78 is 0. The minimum atomic E-state index is -1.11. The van der Waals surface area contributed by atoms with E-state index < -0.39 is 24.2 Å². The summed E-state index contributed by atoms with van der Waals surface area (Å²) in [7, 11) is 0. The Balaban J connectivity index is 3.69. The normalized spacial score (nSPS) is 17.8. The van der Waals surface area contributed by atoms with Crippen molar-refractivity contribution < 1.29 is 20.1 Å². The van der Waals surface area contributed by atoms with Crippen LogP contribution in [0.25, 0.3) is 0 Å². The zero-order valence-electron chi connectivity index (χ0n) is 7.26. The Morgan fingerprint density at radius 3 is 2.23 bits per heavy atom. The molecular formula is C7H16N2O4. The van der Waals surface area contributed by atoms with Crippen LogP contribution in [0.2, 0.25) is 0 Å². The molecule has 0 rings (SSSR count). The van der Waals surface area contributed by atoms with E-state index in [0.29, 0.717) is 0 Å². The van der Waals surface area contributed by atoms with E-state index in [1.807, 2.05) is 0 Å². The van der Waals surface area contributed by atoms with E-state index in [-0.39, 0.29) is 19.4 Å².